The molecule has 0 aliphatic carbocycles. The maximum atomic E-state index is 12.0. The molecule has 1 aromatic rings. The smallest absolute Gasteiger partial charge is 0.318 e. The van der Waals surface area contributed by atoms with E-state index in [9.17, 15) is 9.59 Å². The van der Waals surface area contributed by atoms with E-state index in [1.165, 1.54) is 6.20 Å². The highest BCUT2D eigenvalue weighted by Crippen LogP contribution is 2.04. The number of rotatable bonds is 7. The molecular weight excluding hydrogens is 250 g/mol. The summed E-state index contributed by atoms with van der Waals surface area (Å²) in [5, 5.41) is 14.8. The Balaban J connectivity index is 2.41. The lowest BCUT2D eigenvalue weighted by atomic mass is 10.2. The van der Waals surface area contributed by atoms with E-state index in [-0.39, 0.29) is 25.0 Å². The van der Waals surface area contributed by atoms with Crippen LogP contribution in [0.1, 0.15) is 32.4 Å². The number of aliphatic carboxylic acids is 1. The fraction of sp³-hybridized carbons (Fsp3) is 0.583. The minimum absolute atomic E-state index is 0.00326. The number of nitrogens with zero attached hydrogens (tertiary/aromatic N) is 2. The van der Waals surface area contributed by atoms with E-state index in [2.05, 4.69) is 10.5 Å². The zero-order chi connectivity index (χ0) is 14.3. The Morgan fingerprint density at radius 2 is 2.26 bits per heavy atom. The summed E-state index contributed by atoms with van der Waals surface area (Å²) in [5.74, 6) is -0.284. The SMILES string of the molecule is CC(C)N(CCCC(=O)O)C(=O)NCc1ccno1. The number of carboxylic acids is 1. The highest BCUT2D eigenvalue weighted by atomic mass is 16.5. The van der Waals surface area contributed by atoms with E-state index in [1.807, 2.05) is 13.8 Å². The zero-order valence-electron chi connectivity index (χ0n) is 11.1. The maximum absolute atomic E-state index is 12.0. The third kappa shape index (κ3) is 5.41. The second-order valence-corrected chi connectivity index (χ2v) is 4.42. The molecule has 106 valence electrons. The molecule has 0 aliphatic heterocycles. The molecule has 0 spiro atoms. The first-order valence-corrected chi connectivity index (χ1v) is 6.16. The molecule has 7 nitrogen and oxygen atoms in total. The highest BCUT2D eigenvalue weighted by molar-refractivity contribution is 5.74. The number of nitrogens with one attached hydrogen (secondary N) is 1. The van der Waals surface area contributed by atoms with Crippen LogP contribution in [0.4, 0.5) is 4.79 Å². The maximum Gasteiger partial charge on any atom is 0.318 e. The molecule has 0 fully saturated rings. The Morgan fingerprint density at radius 3 is 2.79 bits per heavy atom. The van der Waals surface area contributed by atoms with Crippen LogP contribution in [0, 0.1) is 0 Å². The first kappa shape index (κ1) is 15.0. The molecule has 2 amide bonds. The Kier molecular flexibility index (Phi) is 5.84. The van der Waals surface area contributed by atoms with Crippen LogP contribution in [0.5, 0.6) is 0 Å². The predicted molar refractivity (Wildman–Crippen MR) is 67.5 cm³/mol. The van der Waals surface area contributed by atoms with Crippen molar-refractivity contribution in [1.82, 2.24) is 15.4 Å². The van der Waals surface area contributed by atoms with Gasteiger partial charge in [-0.3, -0.25) is 4.79 Å². The Hall–Kier alpha value is -2.05. The van der Waals surface area contributed by atoms with Gasteiger partial charge in [0, 0.05) is 25.1 Å². The number of carboxylic acid groups (broad SMARTS) is 1. The number of amides is 2. The minimum atomic E-state index is -0.856. The number of urea groups is 1. The van der Waals surface area contributed by atoms with Gasteiger partial charge in [-0.05, 0) is 20.3 Å². The lowest BCUT2D eigenvalue weighted by Crippen LogP contribution is -2.44. The van der Waals surface area contributed by atoms with Crippen molar-refractivity contribution in [3.63, 3.8) is 0 Å². The van der Waals surface area contributed by atoms with Gasteiger partial charge in [-0.25, -0.2) is 4.79 Å². The van der Waals surface area contributed by atoms with E-state index in [4.69, 9.17) is 9.63 Å². The highest BCUT2D eigenvalue weighted by Gasteiger charge is 2.17. The second kappa shape index (κ2) is 7.40. The van der Waals surface area contributed by atoms with E-state index >= 15 is 0 Å². The fourth-order valence-corrected chi connectivity index (χ4v) is 1.59. The largest absolute Gasteiger partial charge is 0.481 e. The van der Waals surface area contributed by atoms with Gasteiger partial charge in [0.2, 0.25) is 0 Å². The number of carbonyl (C=O) groups is 2. The van der Waals surface area contributed by atoms with E-state index < -0.39 is 5.97 Å². The Labute approximate surface area is 111 Å². The fourth-order valence-electron chi connectivity index (χ4n) is 1.59. The third-order valence-corrected chi connectivity index (χ3v) is 2.58. The lowest BCUT2D eigenvalue weighted by Gasteiger charge is -2.26. The van der Waals surface area contributed by atoms with Crippen molar-refractivity contribution in [2.45, 2.75) is 39.3 Å². The van der Waals surface area contributed by atoms with Gasteiger partial charge in [0.25, 0.3) is 0 Å². The summed E-state index contributed by atoms with van der Waals surface area (Å²) in [7, 11) is 0. The molecule has 2 N–H and O–H groups in total. The van der Waals surface area contributed by atoms with Crippen molar-refractivity contribution in [2.24, 2.45) is 0 Å². The summed E-state index contributed by atoms with van der Waals surface area (Å²) < 4.78 is 4.88. The zero-order valence-corrected chi connectivity index (χ0v) is 11.1. The van der Waals surface area contributed by atoms with Gasteiger partial charge in [0.1, 0.15) is 0 Å². The monoisotopic (exact) mass is 269 g/mol. The lowest BCUT2D eigenvalue weighted by molar-refractivity contribution is -0.137. The molecule has 7 heteroatoms. The third-order valence-electron chi connectivity index (χ3n) is 2.58. The molecule has 1 aromatic heterocycles. The van der Waals surface area contributed by atoms with Crippen molar-refractivity contribution >= 4 is 12.0 Å². The number of carbonyl (C=O) groups excluding carboxylic acids is 1. The minimum Gasteiger partial charge on any atom is -0.481 e. The van der Waals surface area contributed by atoms with Crippen molar-refractivity contribution in [3.05, 3.63) is 18.0 Å². The molecule has 19 heavy (non-hydrogen) atoms. The molecule has 0 atom stereocenters. The molecule has 0 unspecified atom stereocenters. The quantitative estimate of drug-likeness (QED) is 0.781. The summed E-state index contributed by atoms with van der Waals surface area (Å²) in [5.41, 5.74) is 0. The molecule has 0 saturated heterocycles. The van der Waals surface area contributed by atoms with Gasteiger partial charge in [0.05, 0.1) is 12.7 Å². The first-order chi connectivity index (χ1) is 9.00. The molecule has 0 radical (unpaired) electrons. The Bertz CT molecular complexity index is 403. The molecule has 0 saturated carbocycles. The van der Waals surface area contributed by atoms with E-state index in [1.54, 1.807) is 11.0 Å². The van der Waals surface area contributed by atoms with Gasteiger partial charge >= 0.3 is 12.0 Å². The average molecular weight is 269 g/mol. The summed E-state index contributed by atoms with van der Waals surface area (Å²) in [6.45, 7) is 4.44. The van der Waals surface area contributed by atoms with Crippen molar-refractivity contribution in [1.29, 1.82) is 0 Å². The van der Waals surface area contributed by atoms with Crippen molar-refractivity contribution < 1.29 is 19.2 Å². The second-order valence-electron chi connectivity index (χ2n) is 4.42. The van der Waals surface area contributed by atoms with Crippen molar-refractivity contribution in [2.75, 3.05) is 6.54 Å². The van der Waals surface area contributed by atoms with Gasteiger partial charge in [0.15, 0.2) is 5.76 Å². The van der Waals surface area contributed by atoms with Crippen LogP contribution in [-0.4, -0.2) is 39.8 Å². The van der Waals surface area contributed by atoms with Gasteiger partial charge in [-0.1, -0.05) is 5.16 Å². The molecular formula is C12H19N3O4. The molecule has 1 heterocycles. The van der Waals surface area contributed by atoms with Crippen LogP contribution in [0.25, 0.3) is 0 Å². The van der Waals surface area contributed by atoms with Gasteiger partial charge in [-0.15, -0.1) is 0 Å². The van der Waals surface area contributed by atoms with Crippen LogP contribution in [-0.2, 0) is 11.3 Å². The summed E-state index contributed by atoms with van der Waals surface area (Å²) in [6.07, 6.45) is 2.00. The van der Waals surface area contributed by atoms with Crippen LogP contribution in [0.15, 0.2) is 16.8 Å². The van der Waals surface area contributed by atoms with Crippen LogP contribution >= 0.6 is 0 Å². The topological polar surface area (TPSA) is 95.7 Å². The number of aromatic nitrogens is 1. The molecule has 0 bridgehead atoms. The summed E-state index contributed by atoms with van der Waals surface area (Å²) >= 11 is 0. The average Bonchev–Trinajstić information content (AvgIpc) is 2.84. The van der Waals surface area contributed by atoms with Crippen molar-refractivity contribution in [3.8, 4) is 0 Å². The van der Waals surface area contributed by atoms with E-state index in [0.29, 0.717) is 18.7 Å². The van der Waals surface area contributed by atoms with Gasteiger partial charge < -0.3 is 19.8 Å². The van der Waals surface area contributed by atoms with E-state index in [0.717, 1.165) is 0 Å². The summed E-state index contributed by atoms with van der Waals surface area (Å²) in [4.78, 5) is 24.0. The Morgan fingerprint density at radius 1 is 1.53 bits per heavy atom. The standard InChI is InChI=1S/C12H19N3O4/c1-9(2)15(7-3-4-11(16)17)12(18)13-8-10-5-6-14-19-10/h5-6,9H,3-4,7-8H2,1-2H3,(H,13,18)(H,16,17). The molecule has 1 rings (SSSR count). The normalized spacial score (nSPS) is 10.5. The van der Waals surface area contributed by atoms with Crippen LogP contribution < -0.4 is 5.32 Å². The number of hydrogen-bond donors (Lipinski definition) is 2. The van der Waals surface area contributed by atoms with Crippen LogP contribution in [0.3, 0.4) is 0 Å². The molecule has 0 aromatic carbocycles. The number of hydrogen-bond acceptors (Lipinski definition) is 4. The predicted octanol–water partition coefficient (Wildman–Crippen LogP) is 1.46. The first-order valence-electron chi connectivity index (χ1n) is 6.16. The molecule has 0 aliphatic rings. The summed E-state index contributed by atoms with van der Waals surface area (Å²) in [6, 6.07) is 1.44. The van der Waals surface area contributed by atoms with Crippen LogP contribution in [0.2, 0.25) is 0 Å². The van der Waals surface area contributed by atoms with Gasteiger partial charge in [-0.2, -0.15) is 0 Å².